The van der Waals surface area contributed by atoms with E-state index in [4.69, 9.17) is 40.1 Å². The Morgan fingerprint density at radius 3 is 1.04 bits per heavy atom. The van der Waals surface area contributed by atoms with Crippen molar-refractivity contribution < 1.29 is 87.5 Å². The number of phenols is 1. The van der Waals surface area contributed by atoms with Crippen LogP contribution in [-0.2, 0) is 73.5 Å². The Labute approximate surface area is 655 Å². The summed E-state index contributed by atoms with van der Waals surface area (Å²) < 4.78 is 0. The van der Waals surface area contributed by atoms with Crippen LogP contribution in [0.4, 0.5) is 0 Å². The lowest BCUT2D eigenvalue weighted by Gasteiger charge is -2.30. The van der Waals surface area contributed by atoms with Gasteiger partial charge in [-0.05, 0) is 143 Å². The van der Waals surface area contributed by atoms with Crippen molar-refractivity contribution in [3.8, 4) is 5.75 Å². The van der Waals surface area contributed by atoms with Gasteiger partial charge in [0.15, 0.2) is 11.9 Å². The molecule has 0 heterocycles. The lowest BCUT2D eigenvalue weighted by atomic mass is 9.98. The number of aliphatic imine (C=N–C) groups is 2. The number of aliphatic hydroxyl groups excluding tert-OH is 1. The van der Waals surface area contributed by atoms with Crippen molar-refractivity contribution in [2.75, 3.05) is 32.8 Å². The molecule has 12 amide bonds. The molecule has 0 saturated heterocycles. The molecule has 30 N–H and O–H groups in total. The van der Waals surface area contributed by atoms with E-state index in [2.05, 4.69) is 73.8 Å². The number of carboxylic acids is 2. The van der Waals surface area contributed by atoms with Crippen LogP contribution >= 0.6 is 0 Å². The van der Waals surface area contributed by atoms with Crippen molar-refractivity contribution in [2.45, 2.75) is 258 Å². The first-order chi connectivity index (χ1) is 52.5. The average Bonchev–Trinajstić information content (AvgIpc) is 0.854. The second-order valence-electron chi connectivity index (χ2n) is 30.2. The van der Waals surface area contributed by atoms with Crippen LogP contribution in [0.25, 0.3) is 0 Å². The zero-order valence-electron chi connectivity index (χ0n) is 66.9. The van der Waals surface area contributed by atoms with Gasteiger partial charge in [0.2, 0.25) is 70.9 Å². The number of unbranched alkanes of at least 4 members (excludes halogenated alkanes) is 2. The Bertz CT molecular complexity index is 3280. The van der Waals surface area contributed by atoms with E-state index in [0.29, 0.717) is 37.8 Å². The summed E-state index contributed by atoms with van der Waals surface area (Å²) in [5, 5.41) is 71.1. The van der Waals surface area contributed by atoms with Crippen molar-refractivity contribution in [3.63, 3.8) is 0 Å². The highest BCUT2D eigenvalue weighted by atomic mass is 16.4. The van der Waals surface area contributed by atoms with Crippen LogP contribution in [0.5, 0.6) is 5.75 Å². The molecule has 39 heteroatoms. The number of phenolic OH excluding ortho intramolecular Hbond substituents is 1. The average molecular weight is 1590 g/mol. The molecule has 0 bridgehead atoms. The number of nitrogens with two attached hydrogens (primary N) is 7. The van der Waals surface area contributed by atoms with Crippen molar-refractivity contribution in [2.24, 2.45) is 85.6 Å². The van der Waals surface area contributed by atoms with Gasteiger partial charge in [-0.15, -0.1) is 0 Å². The summed E-state index contributed by atoms with van der Waals surface area (Å²) >= 11 is 0. The van der Waals surface area contributed by atoms with Crippen LogP contribution < -0.4 is 104 Å². The van der Waals surface area contributed by atoms with Crippen molar-refractivity contribution >= 4 is 94.7 Å². The number of aliphatic hydroxyl groups is 1. The maximum atomic E-state index is 14.7. The number of guanidine groups is 2. The number of nitrogens with zero attached hydrogens (tertiary/aromatic N) is 2. The van der Waals surface area contributed by atoms with E-state index in [9.17, 15) is 87.5 Å². The van der Waals surface area contributed by atoms with Gasteiger partial charge in [-0.3, -0.25) is 72.3 Å². The third kappa shape index (κ3) is 39.2. The van der Waals surface area contributed by atoms with Gasteiger partial charge < -0.3 is 124 Å². The van der Waals surface area contributed by atoms with Crippen LogP contribution in [-0.4, -0.2) is 226 Å². The Morgan fingerprint density at radius 2 is 0.670 bits per heavy atom. The van der Waals surface area contributed by atoms with Gasteiger partial charge in [0, 0.05) is 19.5 Å². The van der Waals surface area contributed by atoms with Gasteiger partial charge in [-0.1, -0.05) is 102 Å². The van der Waals surface area contributed by atoms with E-state index in [1.165, 1.54) is 24.3 Å². The highest BCUT2D eigenvalue weighted by molar-refractivity contribution is 6.00. The standard InChI is InChI=1S/C73H129N21O18/c1-37(2)31-49(63(103)91-54(36-95)68(108)88-52(34-43-23-25-44(96)26-24-43)67(107)94-58(42(11)12)71(111)112)90-70(110)57(41(9)10)93-66(106)51(33-39(5)6)87-62(102)47(21-17-29-81-72(77)78)84-64(104)53(35-55(97)98)89-61(101)46(20-14-16-28-75)83-60(100)48(22-18-30-82-73(79)80)85-69(109)56(40(7)8)92-65(105)50(32-38(3)4)86-59(99)45(76)19-13-15-27-74/h23-26,37-42,45-54,56-58,95-96H,13-22,27-36,74-76H2,1-12H3,(H,83,100)(H,84,104)(H,85,109)(H,86,99)(H,87,102)(H,88,108)(H,89,101)(H,90,110)(H,91,103)(H,92,105)(H,93,106)(H,94,107)(H,97,98)(H,111,112)(H4,77,78,81)(H4,79,80,82)/t45-,46-,47-,48-,49-,50-,51-,52-,53-,54-,56-,57-,58-/m0/s1. The number of rotatable bonds is 55. The lowest BCUT2D eigenvalue weighted by Crippen LogP contribution is -2.62. The van der Waals surface area contributed by atoms with Crippen LogP contribution in [0.1, 0.15) is 179 Å². The fraction of sp³-hybridized carbons (Fsp3) is 0.699. The largest absolute Gasteiger partial charge is 0.508 e. The lowest BCUT2D eigenvalue weighted by molar-refractivity contribution is -0.143. The molecule has 1 aromatic carbocycles. The monoisotopic (exact) mass is 1590 g/mol. The number of nitrogens with one attached hydrogen (secondary N) is 12. The molecular weight excluding hydrogens is 1460 g/mol. The highest BCUT2D eigenvalue weighted by Crippen LogP contribution is 2.17. The zero-order valence-corrected chi connectivity index (χ0v) is 66.9. The summed E-state index contributed by atoms with van der Waals surface area (Å²) in [4.78, 5) is 203. The molecule has 13 atom stereocenters. The quantitative estimate of drug-likeness (QED) is 0.0168. The van der Waals surface area contributed by atoms with Gasteiger partial charge in [0.05, 0.1) is 19.1 Å². The van der Waals surface area contributed by atoms with E-state index < -0.39 is 192 Å². The van der Waals surface area contributed by atoms with Crippen molar-refractivity contribution in [1.29, 1.82) is 0 Å². The second kappa shape index (κ2) is 52.3. The molecule has 39 nitrogen and oxygen atoms in total. The third-order valence-electron chi connectivity index (χ3n) is 17.6. The summed E-state index contributed by atoms with van der Waals surface area (Å²) in [7, 11) is 0. The molecule has 0 unspecified atom stereocenters. The Hall–Kier alpha value is -10.0. The van der Waals surface area contributed by atoms with Crippen molar-refractivity contribution in [3.05, 3.63) is 29.8 Å². The highest BCUT2D eigenvalue weighted by Gasteiger charge is 2.39. The first-order valence-electron chi connectivity index (χ1n) is 38.2. The number of aromatic hydroxyl groups is 1. The summed E-state index contributed by atoms with van der Waals surface area (Å²) in [5.74, 6) is -17.5. The van der Waals surface area contributed by atoms with E-state index in [-0.39, 0.29) is 119 Å². The summed E-state index contributed by atoms with van der Waals surface area (Å²) in [5.41, 5.74) is 40.3. The smallest absolute Gasteiger partial charge is 0.326 e. The number of carbonyl (C=O) groups is 14. The van der Waals surface area contributed by atoms with Crippen LogP contribution in [0.2, 0.25) is 0 Å². The Kier molecular flexibility index (Phi) is 46.7. The molecular formula is C73H129N21O18. The van der Waals surface area contributed by atoms with Crippen molar-refractivity contribution in [1.82, 2.24) is 63.8 Å². The number of amides is 12. The molecule has 1 aromatic rings. The first kappa shape index (κ1) is 100.0. The molecule has 0 aromatic heterocycles. The van der Waals surface area contributed by atoms with Gasteiger partial charge in [0.1, 0.15) is 78.3 Å². The molecule has 0 spiro atoms. The van der Waals surface area contributed by atoms with Gasteiger partial charge in [0.25, 0.3) is 0 Å². The van der Waals surface area contributed by atoms with Gasteiger partial charge in [-0.25, -0.2) is 4.79 Å². The number of hydrogen-bond donors (Lipinski definition) is 23. The molecule has 0 aliphatic carbocycles. The van der Waals surface area contributed by atoms with Crippen LogP contribution in [0.15, 0.2) is 34.3 Å². The number of carbonyl (C=O) groups excluding carboxylic acids is 12. The van der Waals surface area contributed by atoms with E-state index in [1.807, 2.05) is 13.8 Å². The zero-order chi connectivity index (χ0) is 85.2. The second-order valence-corrected chi connectivity index (χ2v) is 30.2. The van der Waals surface area contributed by atoms with Crippen LogP contribution in [0.3, 0.4) is 0 Å². The molecule has 112 heavy (non-hydrogen) atoms. The topological polar surface area (TPSA) is 671 Å². The minimum atomic E-state index is -1.97. The van der Waals surface area contributed by atoms with E-state index in [0.717, 1.165) is 0 Å². The maximum Gasteiger partial charge on any atom is 0.326 e. The molecule has 0 radical (unpaired) electrons. The maximum absolute atomic E-state index is 14.7. The van der Waals surface area contributed by atoms with E-state index in [1.54, 1.807) is 69.2 Å². The predicted molar refractivity (Wildman–Crippen MR) is 418 cm³/mol. The molecule has 0 aliphatic rings. The predicted octanol–water partition coefficient (Wildman–Crippen LogP) is -3.90. The molecule has 0 aliphatic heterocycles. The summed E-state index contributed by atoms with van der Waals surface area (Å²) in [6, 6.07) is -13.3. The first-order valence-corrected chi connectivity index (χ1v) is 38.2. The number of carboxylic acid groups (broad SMARTS) is 2. The number of hydrogen-bond acceptors (Lipinski definition) is 21. The van der Waals surface area contributed by atoms with Gasteiger partial charge >= 0.3 is 11.9 Å². The SMILES string of the molecule is CC(C)C[C@H](NC(=O)[C@H](CCCN=C(N)N)NC(=O)[C@H](CC(=O)O)NC(=O)[C@H](CCCCN)NC(=O)[C@H](CCCN=C(N)N)NC(=O)[C@@H](NC(=O)[C@H](CC(C)C)NC(=O)[C@@H](N)CCCCN)C(C)C)C(=O)N[C@H](C(=O)N[C@@H](CC(C)C)C(=O)N[C@@H](CO)C(=O)N[C@@H](Cc1ccc(O)cc1)C(=O)N[C@H](C(=O)O)C(C)C)C(C)C. The van der Waals surface area contributed by atoms with Gasteiger partial charge in [-0.2, -0.15) is 0 Å². The molecule has 0 fully saturated rings. The molecule has 1 rings (SSSR count). The summed E-state index contributed by atoms with van der Waals surface area (Å²) in [6.07, 6.45) is 0.181. The molecule has 634 valence electrons. The third-order valence-corrected chi connectivity index (χ3v) is 17.6. The normalized spacial score (nSPS) is 14.8. The summed E-state index contributed by atoms with van der Waals surface area (Å²) in [6.45, 7) is 19.5. The fourth-order valence-electron chi connectivity index (χ4n) is 11.5. The Balaban J connectivity index is 3.74. The minimum absolute atomic E-state index is 0.0185. The fourth-order valence-corrected chi connectivity index (χ4v) is 11.5. The number of aliphatic carboxylic acids is 2. The minimum Gasteiger partial charge on any atom is -0.508 e. The van der Waals surface area contributed by atoms with E-state index >= 15 is 0 Å². The number of benzene rings is 1. The van der Waals surface area contributed by atoms with Crippen LogP contribution in [0, 0.1) is 35.5 Å². The molecule has 0 saturated carbocycles. The Morgan fingerprint density at radius 1 is 0.366 bits per heavy atom.